The number of halogens is 1. The van der Waals surface area contributed by atoms with Crippen LogP contribution in [0.4, 0.5) is 5.69 Å². The summed E-state index contributed by atoms with van der Waals surface area (Å²) in [6, 6.07) is 5.34. The highest BCUT2D eigenvalue weighted by Gasteiger charge is 2.06. The number of hydrogen-bond donors (Lipinski definition) is 2. The first-order valence-corrected chi connectivity index (χ1v) is 6.24. The molecule has 0 saturated carbocycles. The second kappa shape index (κ2) is 6.56. The fraction of sp³-hybridized carbons (Fsp3) is 0.333. The summed E-state index contributed by atoms with van der Waals surface area (Å²) >= 11 is 10.9. The first-order chi connectivity index (χ1) is 8.41. The smallest absolute Gasteiger partial charge is 0.223 e. The normalized spacial score (nSPS) is 9.94. The molecule has 0 heterocycles. The molecule has 0 saturated heterocycles. The second-order valence-corrected chi connectivity index (χ2v) is 4.87. The molecule has 0 aliphatic carbocycles. The molecule has 1 amide bonds. The maximum Gasteiger partial charge on any atom is 0.223 e. The number of amides is 1. The van der Waals surface area contributed by atoms with Crippen LogP contribution in [0.15, 0.2) is 18.2 Å². The van der Waals surface area contributed by atoms with Crippen LogP contribution >= 0.6 is 23.8 Å². The van der Waals surface area contributed by atoms with Crippen LogP contribution < -0.4 is 11.1 Å². The van der Waals surface area contributed by atoms with E-state index in [1.54, 1.807) is 31.1 Å². The predicted molar refractivity (Wildman–Crippen MR) is 79.1 cm³/mol. The summed E-state index contributed by atoms with van der Waals surface area (Å²) in [7, 11) is 3.46. The average Bonchev–Trinajstić information content (AvgIpc) is 2.28. The van der Waals surface area contributed by atoms with Gasteiger partial charge in [-0.15, -0.1) is 0 Å². The Morgan fingerprint density at radius 2 is 2.17 bits per heavy atom. The molecule has 0 bridgehead atoms. The standard InChI is InChI=1S/C12H16ClN3OS/c1-16(2)11(17)5-6-15-8-3-4-9(12(14)18)10(13)7-8/h3-4,7,15H,5-6H2,1-2H3,(H2,14,18). The molecule has 0 fully saturated rings. The third-order valence-corrected chi connectivity index (χ3v) is 2.93. The molecule has 0 spiro atoms. The Morgan fingerprint density at radius 3 is 2.67 bits per heavy atom. The van der Waals surface area contributed by atoms with Gasteiger partial charge >= 0.3 is 0 Å². The van der Waals surface area contributed by atoms with Crippen molar-refractivity contribution in [2.24, 2.45) is 5.73 Å². The molecule has 4 nitrogen and oxygen atoms in total. The molecule has 0 unspecified atom stereocenters. The van der Waals surface area contributed by atoms with Crippen LogP contribution in [0.5, 0.6) is 0 Å². The number of rotatable bonds is 5. The van der Waals surface area contributed by atoms with Crippen molar-refractivity contribution in [2.45, 2.75) is 6.42 Å². The van der Waals surface area contributed by atoms with Gasteiger partial charge in [0.05, 0.1) is 5.02 Å². The molecule has 0 radical (unpaired) electrons. The molecule has 0 aliphatic rings. The minimum absolute atomic E-state index is 0.0772. The van der Waals surface area contributed by atoms with Gasteiger partial charge in [-0.2, -0.15) is 0 Å². The van der Waals surface area contributed by atoms with Crippen molar-refractivity contribution < 1.29 is 4.79 Å². The Labute approximate surface area is 117 Å². The second-order valence-electron chi connectivity index (χ2n) is 4.02. The van der Waals surface area contributed by atoms with Gasteiger partial charge in [0.1, 0.15) is 4.99 Å². The van der Waals surface area contributed by atoms with Crippen molar-refractivity contribution in [3.8, 4) is 0 Å². The van der Waals surface area contributed by atoms with Gasteiger partial charge in [-0.1, -0.05) is 23.8 Å². The fourth-order valence-corrected chi connectivity index (χ4v) is 1.88. The zero-order chi connectivity index (χ0) is 13.7. The third-order valence-electron chi connectivity index (χ3n) is 2.40. The molecule has 1 aromatic carbocycles. The van der Waals surface area contributed by atoms with Crippen molar-refractivity contribution in [1.82, 2.24) is 4.90 Å². The van der Waals surface area contributed by atoms with Crippen LogP contribution in [0, 0.1) is 0 Å². The van der Waals surface area contributed by atoms with Gasteiger partial charge in [-0.3, -0.25) is 4.79 Å². The van der Waals surface area contributed by atoms with Crippen LogP contribution in [-0.2, 0) is 4.79 Å². The number of carbonyl (C=O) groups is 1. The Bertz CT molecular complexity index is 463. The van der Waals surface area contributed by atoms with Crippen LogP contribution in [0.1, 0.15) is 12.0 Å². The van der Waals surface area contributed by atoms with Gasteiger partial charge in [0.25, 0.3) is 0 Å². The first kappa shape index (κ1) is 14.7. The van der Waals surface area contributed by atoms with E-state index in [0.717, 1.165) is 5.69 Å². The number of nitrogens with two attached hydrogens (primary N) is 1. The number of nitrogens with one attached hydrogen (secondary N) is 1. The van der Waals surface area contributed by atoms with Crippen molar-refractivity contribution in [1.29, 1.82) is 0 Å². The molecule has 18 heavy (non-hydrogen) atoms. The van der Waals surface area contributed by atoms with E-state index in [2.05, 4.69) is 5.32 Å². The Hall–Kier alpha value is -1.33. The van der Waals surface area contributed by atoms with E-state index in [1.807, 2.05) is 6.07 Å². The predicted octanol–water partition coefficient (Wildman–Crippen LogP) is 1.86. The monoisotopic (exact) mass is 285 g/mol. The highest BCUT2D eigenvalue weighted by molar-refractivity contribution is 7.80. The zero-order valence-corrected chi connectivity index (χ0v) is 11.9. The van der Waals surface area contributed by atoms with Gasteiger partial charge in [0.2, 0.25) is 5.91 Å². The number of benzene rings is 1. The summed E-state index contributed by atoms with van der Waals surface area (Å²) in [5.74, 6) is 0.0772. The van der Waals surface area contributed by atoms with Crippen molar-refractivity contribution in [3.05, 3.63) is 28.8 Å². The van der Waals surface area contributed by atoms with Crippen molar-refractivity contribution >= 4 is 40.4 Å². The van der Waals surface area contributed by atoms with E-state index in [-0.39, 0.29) is 10.9 Å². The lowest BCUT2D eigenvalue weighted by Gasteiger charge is -2.12. The Balaban J connectivity index is 2.57. The SMILES string of the molecule is CN(C)C(=O)CCNc1ccc(C(N)=S)c(Cl)c1. The molecule has 1 aromatic rings. The first-order valence-electron chi connectivity index (χ1n) is 5.45. The van der Waals surface area contributed by atoms with E-state index in [0.29, 0.717) is 23.6 Å². The molecule has 0 atom stereocenters. The van der Waals surface area contributed by atoms with E-state index in [9.17, 15) is 4.79 Å². The highest BCUT2D eigenvalue weighted by Crippen LogP contribution is 2.20. The molecule has 98 valence electrons. The van der Waals surface area contributed by atoms with Gasteiger partial charge in [-0.25, -0.2) is 0 Å². The number of carbonyl (C=O) groups excluding carboxylic acids is 1. The van der Waals surface area contributed by atoms with Gasteiger partial charge < -0.3 is 16.0 Å². The lowest BCUT2D eigenvalue weighted by atomic mass is 10.2. The van der Waals surface area contributed by atoms with Crippen LogP contribution in [0.3, 0.4) is 0 Å². The van der Waals surface area contributed by atoms with Crippen molar-refractivity contribution in [3.63, 3.8) is 0 Å². The largest absolute Gasteiger partial charge is 0.389 e. The molecular formula is C12H16ClN3OS. The number of nitrogens with zero attached hydrogens (tertiary/aromatic N) is 1. The molecule has 0 aliphatic heterocycles. The lowest BCUT2D eigenvalue weighted by molar-refractivity contribution is -0.128. The maximum atomic E-state index is 11.4. The van der Waals surface area contributed by atoms with Gasteiger partial charge in [0.15, 0.2) is 0 Å². The van der Waals surface area contributed by atoms with E-state index in [4.69, 9.17) is 29.6 Å². The quantitative estimate of drug-likeness (QED) is 0.811. The van der Waals surface area contributed by atoms with E-state index < -0.39 is 0 Å². The summed E-state index contributed by atoms with van der Waals surface area (Å²) < 4.78 is 0. The number of hydrogen-bond acceptors (Lipinski definition) is 3. The minimum Gasteiger partial charge on any atom is -0.389 e. The average molecular weight is 286 g/mol. The highest BCUT2D eigenvalue weighted by atomic mass is 35.5. The summed E-state index contributed by atoms with van der Waals surface area (Å²) in [5, 5.41) is 3.63. The number of thiocarbonyl (C=S) groups is 1. The zero-order valence-electron chi connectivity index (χ0n) is 10.4. The topological polar surface area (TPSA) is 58.4 Å². The third kappa shape index (κ3) is 4.16. The van der Waals surface area contributed by atoms with Crippen LogP contribution in [0.2, 0.25) is 5.02 Å². The molecule has 0 aromatic heterocycles. The Kier molecular flexibility index (Phi) is 5.37. The molecular weight excluding hydrogens is 270 g/mol. The van der Waals surface area contributed by atoms with Gasteiger partial charge in [-0.05, 0) is 18.2 Å². The van der Waals surface area contributed by atoms with Crippen LogP contribution in [-0.4, -0.2) is 36.4 Å². The lowest BCUT2D eigenvalue weighted by Crippen LogP contribution is -2.23. The summed E-state index contributed by atoms with van der Waals surface area (Å²) in [6.07, 6.45) is 0.432. The fourth-order valence-electron chi connectivity index (χ4n) is 1.36. The molecule has 1 rings (SSSR count). The minimum atomic E-state index is 0.0772. The summed E-state index contributed by atoms with van der Waals surface area (Å²) in [4.78, 5) is 13.2. The molecule has 3 N–H and O–H groups in total. The molecule has 6 heteroatoms. The van der Waals surface area contributed by atoms with E-state index in [1.165, 1.54) is 0 Å². The van der Waals surface area contributed by atoms with E-state index >= 15 is 0 Å². The summed E-state index contributed by atoms with van der Waals surface area (Å²) in [5.41, 5.74) is 7.01. The van der Waals surface area contributed by atoms with Gasteiger partial charge in [0, 0.05) is 38.3 Å². The Morgan fingerprint density at radius 1 is 1.50 bits per heavy atom. The number of anilines is 1. The van der Waals surface area contributed by atoms with Crippen molar-refractivity contribution in [2.75, 3.05) is 26.0 Å². The summed E-state index contributed by atoms with van der Waals surface area (Å²) in [6.45, 7) is 0.555. The maximum absolute atomic E-state index is 11.4. The van der Waals surface area contributed by atoms with Crippen LogP contribution in [0.25, 0.3) is 0 Å².